The maximum Gasteiger partial charge on any atom is 0.240 e. The van der Waals surface area contributed by atoms with Gasteiger partial charge in [0.1, 0.15) is 0 Å². The molecule has 0 aliphatic heterocycles. The summed E-state index contributed by atoms with van der Waals surface area (Å²) in [7, 11) is -3.49. The third-order valence-corrected chi connectivity index (χ3v) is 3.87. The normalized spacial score (nSPS) is 11.7. The van der Waals surface area contributed by atoms with Gasteiger partial charge in [0.2, 0.25) is 10.0 Å². The molecule has 0 saturated carbocycles. The van der Waals surface area contributed by atoms with E-state index in [4.69, 9.17) is 16.7 Å². The Morgan fingerprint density at radius 2 is 2.12 bits per heavy atom. The molecular formula is C10H14ClNO3S. The SMILES string of the molecule is CCCNS(=O)(=O)c1ccc(Cl)c(CO)c1. The van der Waals surface area contributed by atoms with Crippen LogP contribution in [-0.2, 0) is 16.6 Å². The van der Waals surface area contributed by atoms with Gasteiger partial charge in [-0.2, -0.15) is 0 Å². The van der Waals surface area contributed by atoms with Gasteiger partial charge >= 0.3 is 0 Å². The average molecular weight is 264 g/mol. The monoisotopic (exact) mass is 263 g/mol. The van der Waals surface area contributed by atoms with E-state index in [0.717, 1.165) is 6.42 Å². The molecule has 6 heteroatoms. The molecule has 1 aromatic rings. The van der Waals surface area contributed by atoms with E-state index in [2.05, 4.69) is 4.72 Å². The highest BCUT2D eigenvalue weighted by molar-refractivity contribution is 7.89. The number of aliphatic hydroxyl groups excluding tert-OH is 1. The van der Waals surface area contributed by atoms with Gasteiger partial charge in [-0.3, -0.25) is 0 Å². The Labute approximate surface area is 100 Å². The summed E-state index contributed by atoms with van der Waals surface area (Å²) in [4.78, 5) is 0.120. The molecule has 0 saturated heterocycles. The summed E-state index contributed by atoms with van der Waals surface area (Å²) in [6, 6.07) is 4.26. The van der Waals surface area contributed by atoms with Crippen LogP contribution in [0.4, 0.5) is 0 Å². The van der Waals surface area contributed by atoms with Crippen molar-refractivity contribution < 1.29 is 13.5 Å². The molecule has 0 heterocycles. The van der Waals surface area contributed by atoms with Gasteiger partial charge < -0.3 is 5.11 Å². The zero-order chi connectivity index (χ0) is 12.2. The maximum atomic E-state index is 11.7. The van der Waals surface area contributed by atoms with Crippen molar-refractivity contribution in [1.82, 2.24) is 4.72 Å². The van der Waals surface area contributed by atoms with Crippen molar-refractivity contribution in [3.8, 4) is 0 Å². The second-order valence-electron chi connectivity index (χ2n) is 3.31. The summed E-state index contributed by atoms with van der Waals surface area (Å²) in [5.41, 5.74) is 0.404. The van der Waals surface area contributed by atoms with E-state index in [1.165, 1.54) is 18.2 Å². The van der Waals surface area contributed by atoms with Crippen LogP contribution in [0.15, 0.2) is 23.1 Å². The number of aliphatic hydroxyl groups is 1. The molecule has 90 valence electrons. The first-order valence-electron chi connectivity index (χ1n) is 4.90. The summed E-state index contributed by atoms with van der Waals surface area (Å²) >= 11 is 5.78. The van der Waals surface area contributed by atoms with Gasteiger partial charge in [-0.15, -0.1) is 0 Å². The number of nitrogens with one attached hydrogen (secondary N) is 1. The fraction of sp³-hybridized carbons (Fsp3) is 0.400. The molecule has 2 N–H and O–H groups in total. The Morgan fingerprint density at radius 3 is 2.69 bits per heavy atom. The van der Waals surface area contributed by atoms with Crippen molar-refractivity contribution in [3.63, 3.8) is 0 Å². The molecule has 1 rings (SSSR count). The molecule has 0 spiro atoms. The van der Waals surface area contributed by atoms with E-state index in [0.29, 0.717) is 17.1 Å². The molecule has 0 atom stereocenters. The van der Waals surface area contributed by atoms with Crippen molar-refractivity contribution >= 4 is 21.6 Å². The Hall–Kier alpha value is -0.620. The summed E-state index contributed by atoms with van der Waals surface area (Å²) in [6.45, 7) is 1.99. The highest BCUT2D eigenvalue weighted by Gasteiger charge is 2.14. The van der Waals surface area contributed by atoms with Crippen molar-refractivity contribution in [1.29, 1.82) is 0 Å². The first-order chi connectivity index (χ1) is 7.51. The zero-order valence-electron chi connectivity index (χ0n) is 8.90. The van der Waals surface area contributed by atoms with Crippen LogP contribution in [0.5, 0.6) is 0 Å². The molecule has 4 nitrogen and oxygen atoms in total. The topological polar surface area (TPSA) is 66.4 Å². The summed E-state index contributed by atoms with van der Waals surface area (Å²) in [5, 5.41) is 9.34. The summed E-state index contributed by atoms with van der Waals surface area (Å²) in [5.74, 6) is 0. The van der Waals surface area contributed by atoms with Crippen LogP contribution < -0.4 is 4.72 Å². The van der Waals surface area contributed by atoms with Crippen LogP contribution in [0.1, 0.15) is 18.9 Å². The lowest BCUT2D eigenvalue weighted by molar-refractivity contribution is 0.281. The van der Waals surface area contributed by atoms with Gasteiger partial charge in [-0.25, -0.2) is 13.1 Å². The van der Waals surface area contributed by atoms with E-state index in [1.807, 2.05) is 6.92 Å². The molecule has 1 aromatic carbocycles. The Balaban J connectivity index is 3.04. The zero-order valence-corrected chi connectivity index (χ0v) is 10.5. The van der Waals surface area contributed by atoms with Gasteiger partial charge in [0.15, 0.2) is 0 Å². The number of benzene rings is 1. The lowest BCUT2D eigenvalue weighted by Crippen LogP contribution is -2.24. The number of sulfonamides is 1. The van der Waals surface area contributed by atoms with E-state index < -0.39 is 10.0 Å². The molecule has 0 aliphatic rings. The minimum atomic E-state index is -3.49. The van der Waals surface area contributed by atoms with Gasteiger partial charge in [0.25, 0.3) is 0 Å². The largest absolute Gasteiger partial charge is 0.392 e. The minimum Gasteiger partial charge on any atom is -0.392 e. The van der Waals surface area contributed by atoms with E-state index in [-0.39, 0.29) is 11.5 Å². The van der Waals surface area contributed by atoms with Gasteiger partial charge in [-0.05, 0) is 30.2 Å². The first kappa shape index (κ1) is 13.4. The summed E-state index contributed by atoms with van der Waals surface area (Å²) < 4.78 is 25.9. The number of rotatable bonds is 5. The van der Waals surface area contributed by atoms with Crippen molar-refractivity contribution in [2.45, 2.75) is 24.8 Å². The van der Waals surface area contributed by atoms with Crippen LogP contribution >= 0.6 is 11.6 Å². The Morgan fingerprint density at radius 1 is 1.44 bits per heavy atom. The van der Waals surface area contributed by atoms with Crippen molar-refractivity contribution in [2.24, 2.45) is 0 Å². The molecular weight excluding hydrogens is 250 g/mol. The highest BCUT2D eigenvalue weighted by Crippen LogP contribution is 2.20. The van der Waals surface area contributed by atoms with Crippen LogP contribution in [0.3, 0.4) is 0 Å². The fourth-order valence-electron chi connectivity index (χ4n) is 1.16. The van der Waals surface area contributed by atoms with E-state index >= 15 is 0 Å². The van der Waals surface area contributed by atoms with Crippen molar-refractivity contribution in [3.05, 3.63) is 28.8 Å². The third-order valence-electron chi connectivity index (χ3n) is 2.04. The predicted molar refractivity (Wildman–Crippen MR) is 62.9 cm³/mol. The quantitative estimate of drug-likeness (QED) is 0.847. The van der Waals surface area contributed by atoms with E-state index in [9.17, 15) is 8.42 Å². The number of hydrogen-bond acceptors (Lipinski definition) is 3. The standard InChI is InChI=1S/C10H14ClNO3S/c1-2-5-12-16(14,15)9-3-4-10(11)8(6-9)7-13/h3-4,6,12-13H,2,5,7H2,1H3. The summed E-state index contributed by atoms with van der Waals surface area (Å²) in [6.07, 6.45) is 0.722. The number of halogens is 1. The van der Waals surface area contributed by atoms with Crippen LogP contribution in [0.25, 0.3) is 0 Å². The van der Waals surface area contributed by atoms with Gasteiger partial charge in [-0.1, -0.05) is 18.5 Å². The van der Waals surface area contributed by atoms with Crippen LogP contribution in [-0.4, -0.2) is 20.1 Å². The Kier molecular flexibility index (Phi) is 4.73. The second-order valence-corrected chi connectivity index (χ2v) is 5.48. The van der Waals surface area contributed by atoms with E-state index in [1.54, 1.807) is 0 Å². The molecule has 16 heavy (non-hydrogen) atoms. The molecule has 0 unspecified atom stereocenters. The van der Waals surface area contributed by atoms with Crippen LogP contribution in [0.2, 0.25) is 5.02 Å². The van der Waals surface area contributed by atoms with Gasteiger partial charge in [0.05, 0.1) is 11.5 Å². The fourth-order valence-corrected chi connectivity index (χ4v) is 2.52. The molecule has 0 aromatic heterocycles. The molecule has 0 radical (unpaired) electrons. The van der Waals surface area contributed by atoms with Crippen LogP contribution in [0, 0.1) is 0 Å². The molecule has 0 bridgehead atoms. The lowest BCUT2D eigenvalue weighted by Gasteiger charge is -2.07. The predicted octanol–water partition coefficient (Wildman–Crippen LogP) is 1.52. The third kappa shape index (κ3) is 3.18. The Bertz CT molecular complexity index is 459. The second kappa shape index (κ2) is 5.63. The molecule has 0 aliphatic carbocycles. The lowest BCUT2D eigenvalue weighted by atomic mass is 10.2. The average Bonchev–Trinajstić information content (AvgIpc) is 2.27. The highest BCUT2D eigenvalue weighted by atomic mass is 35.5. The number of hydrogen-bond donors (Lipinski definition) is 2. The smallest absolute Gasteiger partial charge is 0.240 e. The minimum absolute atomic E-state index is 0.120. The first-order valence-corrected chi connectivity index (χ1v) is 6.76. The van der Waals surface area contributed by atoms with Gasteiger partial charge in [0, 0.05) is 11.6 Å². The maximum absolute atomic E-state index is 11.7. The molecule has 0 amide bonds. The molecule has 0 fully saturated rings. The van der Waals surface area contributed by atoms with Crippen molar-refractivity contribution in [2.75, 3.05) is 6.54 Å².